The Balaban J connectivity index is 1.36. The van der Waals surface area contributed by atoms with Gasteiger partial charge in [0.1, 0.15) is 17.2 Å². The zero-order valence-corrected chi connectivity index (χ0v) is 26.9. The highest BCUT2D eigenvalue weighted by molar-refractivity contribution is 7.92. The quantitative estimate of drug-likeness (QED) is 0.159. The molecular weight excluding hydrogens is 602 g/mol. The summed E-state index contributed by atoms with van der Waals surface area (Å²) in [5, 5.41) is 19.2. The molecule has 4 aromatic rings. The number of nitrogens with one attached hydrogen (secondary N) is 1. The summed E-state index contributed by atoms with van der Waals surface area (Å²) in [4.78, 5) is 2.16. The van der Waals surface area contributed by atoms with Crippen molar-refractivity contribution in [3.8, 4) is 23.3 Å². The first kappa shape index (κ1) is 32.8. The maximum atomic E-state index is 12.4. The van der Waals surface area contributed by atoms with Crippen molar-refractivity contribution in [3.63, 3.8) is 0 Å². The summed E-state index contributed by atoms with van der Waals surface area (Å²) in [5.41, 5.74) is 5.45. The smallest absolute Gasteiger partial charge is 0.232 e. The van der Waals surface area contributed by atoms with Crippen molar-refractivity contribution in [2.24, 2.45) is 5.92 Å². The number of sulfonamides is 1. The lowest BCUT2D eigenvalue weighted by molar-refractivity contribution is 0.167. The monoisotopic (exact) mass is 641 g/mol. The van der Waals surface area contributed by atoms with E-state index in [-0.39, 0.29) is 12.4 Å². The topological polar surface area (TPSA) is 121 Å². The highest BCUT2D eigenvalue weighted by Gasteiger charge is 2.18. The van der Waals surface area contributed by atoms with Crippen molar-refractivity contribution < 1.29 is 27.7 Å². The van der Waals surface area contributed by atoms with Gasteiger partial charge in [-0.3, -0.25) is 4.72 Å². The van der Waals surface area contributed by atoms with Gasteiger partial charge in [-0.2, -0.15) is 5.26 Å². The highest BCUT2D eigenvalue weighted by atomic mass is 32.2. The standard InChI is InChI=1S/C36H39N3O6S/c1-3-46(41,42)38-35-8-5-9-36(26(35)2)39(22-29-7-4-6-28(16-29)20-37)21-27-10-12-32(13-11-27)45-34-18-31(23-40)17-33(19-34)44-25-30-14-15-43-24-30/h4-13,16-19,30,38,40H,3,14-15,21-25H2,1-2H3. The van der Waals surface area contributed by atoms with E-state index in [0.717, 1.165) is 35.4 Å². The van der Waals surface area contributed by atoms with Crippen molar-refractivity contribution in [1.29, 1.82) is 5.26 Å². The van der Waals surface area contributed by atoms with E-state index < -0.39 is 10.0 Å². The third-order valence-corrected chi connectivity index (χ3v) is 9.18. The van der Waals surface area contributed by atoms with E-state index in [1.54, 1.807) is 25.1 Å². The molecule has 1 unspecified atom stereocenters. The molecule has 9 nitrogen and oxygen atoms in total. The Morgan fingerprint density at radius 3 is 2.43 bits per heavy atom. The van der Waals surface area contributed by atoms with Crippen LogP contribution < -0.4 is 19.1 Å². The van der Waals surface area contributed by atoms with Crippen LogP contribution in [-0.4, -0.2) is 39.1 Å². The minimum Gasteiger partial charge on any atom is -0.493 e. The van der Waals surface area contributed by atoms with Gasteiger partial charge in [0, 0.05) is 37.4 Å². The minimum absolute atomic E-state index is 0.0235. The lowest BCUT2D eigenvalue weighted by Gasteiger charge is -2.28. The number of anilines is 2. The maximum absolute atomic E-state index is 12.4. The highest BCUT2D eigenvalue weighted by Crippen LogP contribution is 2.32. The zero-order valence-electron chi connectivity index (χ0n) is 26.1. The molecule has 1 heterocycles. The van der Waals surface area contributed by atoms with E-state index in [4.69, 9.17) is 14.2 Å². The van der Waals surface area contributed by atoms with E-state index in [1.165, 1.54) is 0 Å². The van der Waals surface area contributed by atoms with Crippen molar-refractivity contribution in [1.82, 2.24) is 0 Å². The first-order valence-corrected chi connectivity index (χ1v) is 17.0. The minimum atomic E-state index is -3.45. The Labute approximate surface area is 271 Å². The van der Waals surface area contributed by atoms with Gasteiger partial charge < -0.3 is 24.2 Å². The van der Waals surface area contributed by atoms with Crippen molar-refractivity contribution in [2.45, 2.75) is 40.0 Å². The summed E-state index contributed by atoms with van der Waals surface area (Å²) >= 11 is 0. The molecule has 5 rings (SSSR count). The van der Waals surface area contributed by atoms with E-state index in [9.17, 15) is 18.8 Å². The molecule has 0 spiro atoms. The predicted octanol–water partition coefficient (Wildman–Crippen LogP) is 6.54. The van der Waals surface area contributed by atoms with Gasteiger partial charge in [-0.15, -0.1) is 0 Å². The first-order valence-electron chi connectivity index (χ1n) is 15.3. The van der Waals surface area contributed by atoms with E-state index in [0.29, 0.717) is 66.3 Å². The SMILES string of the molecule is CCS(=O)(=O)Nc1cccc(N(Cc2ccc(Oc3cc(CO)cc(OCC4CCOC4)c3)cc2)Cc2cccc(C#N)c2)c1C. The summed E-state index contributed by atoms with van der Waals surface area (Å²) in [5.74, 6) is 2.17. The van der Waals surface area contributed by atoms with Gasteiger partial charge in [0.05, 0.1) is 42.9 Å². The normalized spacial score (nSPS) is 14.4. The van der Waals surface area contributed by atoms with Gasteiger partial charge in [-0.25, -0.2) is 8.42 Å². The summed E-state index contributed by atoms with van der Waals surface area (Å²) in [6.45, 7) is 6.40. The number of aliphatic hydroxyl groups excluding tert-OH is 1. The van der Waals surface area contributed by atoms with Crippen LogP contribution in [0.3, 0.4) is 0 Å². The fourth-order valence-electron chi connectivity index (χ4n) is 5.31. The van der Waals surface area contributed by atoms with Crippen molar-refractivity contribution in [2.75, 3.05) is 35.2 Å². The van der Waals surface area contributed by atoms with Crippen LogP contribution in [0, 0.1) is 24.2 Å². The average molecular weight is 642 g/mol. The second kappa shape index (κ2) is 15.1. The van der Waals surface area contributed by atoms with Crippen LogP contribution in [0.15, 0.2) is 84.9 Å². The third kappa shape index (κ3) is 8.79. The van der Waals surface area contributed by atoms with Gasteiger partial charge in [0.2, 0.25) is 10.0 Å². The lowest BCUT2D eigenvalue weighted by atomic mass is 10.1. The molecule has 1 atom stereocenters. The molecule has 0 aromatic heterocycles. The van der Waals surface area contributed by atoms with Crippen LogP contribution in [0.2, 0.25) is 0 Å². The number of benzene rings is 4. The number of nitrogens with zero attached hydrogens (tertiary/aromatic N) is 2. The molecule has 1 aliphatic heterocycles. The molecule has 4 aromatic carbocycles. The van der Waals surface area contributed by atoms with Crippen LogP contribution in [0.25, 0.3) is 0 Å². The Kier molecular flexibility index (Phi) is 10.8. The zero-order chi connectivity index (χ0) is 32.5. The molecule has 2 N–H and O–H groups in total. The molecule has 0 radical (unpaired) electrons. The number of rotatable bonds is 14. The molecule has 240 valence electrons. The van der Waals surface area contributed by atoms with Crippen LogP contribution in [0.5, 0.6) is 17.2 Å². The van der Waals surface area contributed by atoms with E-state index in [1.807, 2.05) is 73.7 Å². The Morgan fingerprint density at radius 2 is 1.72 bits per heavy atom. The molecular formula is C36H39N3O6S. The number of hydrogen-bond donors (Lipinski definition) is 2. The third-order valence-electron chi connectivity index (χ3n) is 7.89. The van der Waals surface area contributed by atoms with Gasteiger partial charge in [0.15, 0.2) is 0 Å². The Bertz CT molecular complexity index is 1780. The molecule has 10 heteroatoms. The van der Waals surface area contributed by atoms with Gasteiger partial charge in [0.25, 0.3) is 0 Å². The molecule has 1 fully saturated rings. The molecule has 46 heavy (non-hydrogen) atoms. The van der Waals surface area contributed by atoms with Crippen LogP contribution >= 0.6 is 0 Å². The molecule has 1 saturated heterocycles. The van der Waals surface area contributed by atoms with Gasteiger partial charge in [-0.05, 0) is 91.1 Å². The van der Waals surface area contributed by atoms with Crippen molar-refractivity contribution >= 4 is 21.4 Å². The van der Waals surface area contributed by atoms with Crippen LogP contribution in [-0.2, 0) is 34.5 Å². The molecule has 0 saturated carbocycles. The van der Waals surface area contributed by atoms with E-state index in [2.05, 4.69) is 15.7 Å². The fraction of sp³-hybridized carbons (Fsp3) is 0.306. The Morgan fingerprint density at radius 1 is 0.957 bits per heavy atom. The number of aliphatic hydroxyl groups is 1. The fourth-order valence-corrected chi connectivity index (χ4v) is 6.02. The number of ether oxygens (including phenoxy) is 3. The second-order valence-corrected chi connectivity index (χ2v) is 13.4. The van der Waals surface area contributed by atoms with Gasteiger partial charge in [-0.1, -0.05) is 30.3 Å². The van der Waals surface area contributed by atoms with Gasteiger partial charge >= 0.3 is 0 Å². The van der Waals surface area contributed by atoms with Crippen LogP contribution in [0.4, 0.5) is 11.4 Å². The van der Waals surface area contributed by atoms with Crippen molar-refractivity contribution in [3.05, 3.63) is 113 Å². The summed E-state index contributed by atoms with van der Waals surface area (Å²) in [6.07, 6.45) is 0.974. The maximum Gasteiger partial charge on any atom is 0.232 e. The largest absolute Gasteiger partial charge is 0.493 e. The second-order valence-electron chi connectivity index (χ2n) is 11.4. The lowest BCUT2D eigenvalue weighted by Crippen LogP contribution is -2.24. The Hall–Kier alpha value is -4.56. The number of hydrogen-bond acceptors (Lipinski definition) is 8. The summed E-state index contributed by atoms with van der Waals surface area (Å²) in [7, 11) is -3.45. The average Bonchev–Trinajstić information content (AvgIpc) is 3.59. The summed E-state index contributed by atoms with van der Waals surface area (Å²) in [6, 6.07) is 28.4. The number of nitriles is 1. The van der Waals surface area contributed by atoms with E-state index >= 15 is 0 Å². The summed E-state index contributed by atoms with van der Waals surface area (Å²) < 4.78 is 45.0. The molecule has 1 aliphatic rings. The van der Waals surface area contributed by atoms with Crippen LogP contribution in [0.1, 0.15) is 41.2 Å². The predicted molar refractivity (Wildman–Crippen MR) is 179 cm³/mol. The first-order chi connectivity index (χ1) is 22.2. The molecule has 0 amide bonds. The molecule has 0 bridgehead atoms. The molecule has 0 aliphatic carbocycles.